The number of halogens is 2. The molecule has 0 bridgehead atoms. The summed E-state index contributed by atoms with van der Waals surface area (Å²) >= 11 is 0. The summed E-state index contributed by atoms with van der Waals surface area (Å²) in [6.07, 6.45) is 6.59. The van der Waals surface area contributed by atoms with Crippen molar-refractivity contribution in [2.45, 2.75) is 50.6 Å². The average Bonchev–Trinajstić information content (AvgIpc) is 3.10. The first-order valence-corrected chi connectivity index (χ1v) is 10.7. The predicted molar refractivity (Wildman–Crippen MR) is 97.6 cm³/mol. The van der Waals surface area contributed by atoms with Crippen molar-refractivity contribution in [3.05, 3.63) is 29.3 Å². The molecule has 2 aromatic rings. The highest BCUT2D eigenvalue weighted by Gasteiger charge is 2.33. The smallest absolute Gasteiger partial charge is 0.333 e. The Morgan fingerprint density at radius 2 is 1.86 bits per heavy atom. The zero-order chi connectivity index (χ0) is 19.9. The Balaban J connectivity index is 1.56. The van der Waals surface area contributed by atoms with E-state index < -0.39 is 16.6 Å². The molecule has 4 rings (SSSR count). The number of hydrogen-bond donors (Lipinski definition) is 0. The molecule has 0 N–H and O–H groups in total. The van der Waals surface area contributed by atoms with Crippen LogP contribution in [0.5, 0.6) is 0 Å². The third-order valence-corrected chi connectivity index (χ3v) is 7.28. The maximum atomic E-state index is 12.9. The fourth-order valence-corrected chi connectivity index (χ4v) is 5.29. The lowest BCUT2D eigenvalue weighted by atomic mass is 10.1. The Morgan fingerprint density at radius 1 is 1.11 bits per heavy atom. The van der Waals surface area contributed by atoms with Crippen LogP contribution in [0.3, 0.4) is 0 Å². The van der Waals surface area contributed by atoms with Crippen molar-refractivity contribution in [2.75, 3.05) is 24.5 Å². The molecule has 0 unspecified atom stereocenters. The molecule has 0 atom stereocenters. The standard InChI is InChI=1S/C17H22F2N6O2S/c1-12-15(10-21-25(12)16(18)19)28(26,27)24-8-5-14-13(11-24)9-20-17(22-14)23-6-3-2-4-7-23/h9-10,16H,2-8,11H2,1H3. The summed E-state index contributed by atoms with van der Waals surface area (Å²) in [5.41, 5.74) is 1.52. The predicted octanol–water partition coefficient (Wildman–Crippen LogP) is 2.11. The molecule has 0 spiro atoms. The van der Waals surface area contributed by atoms with Gasteiger partial charge in [0.25, 0.3) is 0 Å². The number of nitrogens with zero attached hydrogens (tertiary/aromatic N) is 6. The van der Waals surface area contributed by atoms with Crippen molar-refractivity contribution in [1.82, 2.24) is 24.1 Å². The van der Waals surface area contributed by atoms with Gasteiger partial charge in [-0.3, -0.25) is 0 Å². The molecule has 1 fully saturated rings. The molecule has 0 saturated carbocycles. The normalized spacial score (nSPS) is 18.5. The molecule has 1 saturated heterocycles. The van der Waals surface area contributed by atoms with Gasteiger partial charge in [-0.1, -0.05) is 0 Å². The van der Waals surface area contributed by atoms with Gasteiger partial charge in [0, 0.05) is 44.4 Å². The van der Waals surface area contributed by atoms with E-state index in [0.29, 0.717) is 17.1 Å². The molecular formula is C17H22F2N6O2S. The van der Waals surface area contributed by atoms with Gasteiger partial charge in [-0.15, -0.1) is 0 Å². The lowest BCUT2D eigenvalue weighted by molar-refractivity contribution is 0.0541. The Morgan fingerprint density at radius 3 is 2.54 bits per heavy atom. The zero-order valence-electron chi connectivity index (χ0n) is 15.6. The minimum absolute atomic E-state index is 0.0718. The number of anilines is 1. The average molecular weight is 412 g/mol. The number of aromatic nitrogens is 4. The number of rotatable bonds is 4. The van der Waals surface area contributed by atoms with Crippen LogP contribution in [0.2, 0.25) is 0 Å². The molecule has 2 aliphatic rings. The molecule has 2 aromatic heterocycles. The number of piperidine rings is 1. The highest BCUT2D eigenvalue weighted by atomic mass is 32.2. The number of fused-ring (bicyclic) bond motifs is 1. The Labute approximate surface area is 162 Å². The summed E-state index contributed by atoms with van der Waals surface area (Å²) in [7, 11) is -3.93. The van der Waals surface area contributed by atoms with Crippen molar-refractivity contribution in [1.29, 1.82) is 0 Å². The van der Waals surface area contributed by atoms with Gasteiger partial charge in [-0.05, 0) is 26.2 Å². The van der Waals surface area contributed by atoms with Crippen LogP contribution in [0.4, 0.5) is 14.7 Å². The lowest BCUT2D eigenvalue weighted by Gasteiger charge is -2.30. The molecule has 28 heavy (non-hydrogen) atoms. The van der Waals surface area contributed by atoms with Crippen LogP contribution in [0.1, 0.15) is 42.8 Å². The van der Waals surface area contributed by atoms with Crippen LogP contribution in [0.25, 0.3) is 0 Å². The summed E-state index contributed by atoms with van der Waals surface area (Å²) in [6, 6.07) is 0. The monoisotopic (exact) mass is 412 g/mol. The topological polar surface area (TPSA) is 84.2 Å². The first-order valence-electron chi connectivity index (χ1n) is 9.30. The van der Waals surface area contributed by atoms with Gasteiger partial charge in [0.2, 0.25) is 16.0 Å². The minimum Gasteiger partial charge on any atom is -0.341 e. The van der Waals surface area contributed by atoms with Crippen molar-refractivity contribution in [3.63, 3.8) is 0 Å². The van der Waals surface area contributed by atoms with E-state index in [9.17, 15) is 17.2 Å². The van der Waals surface area contributed by atoms with Gasteiger partial charge in [0.1, 0.15) is 4.90 Å². The maximum absolute atomic E-state index is 12.9. The molecule has 152 valence electrons. The van der Waals surface area contributed by atoms with Crippen LogP contribution >= 0.6 is 0 Å². The third kappa shape index (κ3) is 3.37. The summed E-state index contributed by atoms with van der Waals surface area (Å²) in [5, 5.41) is 3.51. The Hall–Kier alpha value is -2.14. The third-order valence-electron chi connectivity index (χ3n) is 5.33. The molecular weight excluding hydrogens is 390 g/mol. The second-order valence-electron chi connectivity index (χ2n) is 7.09. The van der Waals surface area contributed by atoms with E-state index in [4.69, 9.17) is 0 Å². The van der Waals surface area contributed by atoms with Gasteiger partial charge >= 0.3 is 6.55 Å². The number of sulfonamides is 1. The van der Waals surface area contributed by atoms with Gasteiger partial charge in [0.15, 0.2) is 0 Å². The van der Waals surface area contributed by atoms with E-state index in [-0.39, 0.29) is 23.7 Å². The van der Waals surface area contributed by atoms with Crippen LogP contribution < -0.4 is 4.90 Å². The Kier molecular flexibility index (Phi) is 5.04. The molecule has 4 heterocycles. The van der Waals surface area contributed by atoms with Crippen LogP contribution in [0, 0.1) is 6.92 Å². The van der Waals surface area contributed by atoms with Gasteiger partial charge in [-0.2, -0.15) is 18.2 Å². The summed E-state index contributed by atoms with van der Waals surface area (Å²) in [4.78, 5) is 11.0. The van der Waals surface area contributed by atoms with Crippen molar-refractivity contribution in [3.8, 4) is 0 Å². The number of hydrogen-bond acceptors (Lipinski definition) is 6. The highest BCUT2D eigenvalue weighted by molar-refractivity contribution is 7.89. The summed E-state index contributed by atoms with van der Waals surface area (Å²) in [6.45, 7) is 0.687. The van der Waals surface area contributed by atoms with E-state index in [2.05, 4.69) is 20.0 Å². The van der Waals surface area contributed by atoms with Gasteiger partial charge in [0.05, 0.1) is 17.6 Å². The van der Waals surface area contributed by atoms with E-state index in [1.54, 1.807) is 6.20 Å². The lowest BCUT2D eigenvalue weighted by Crippen LogP contribution is -2.37. The number of alkyl halides is 2. The first kappa shape index (κ1) is 19.2. The largest absolute Gasteiger partial charge is 0.341 e. The van der Waals surface area contributed by atoms with Crippen molar-refractivity contribution >= 4 is 16.0 Å². The van der Waals surface area contributed by atoms with Crippen LogP contribution in [-0.2, 0) is 23.0 Å². The van der Waals surface area contributed by atoms with Crippen LogP contribution in [0.15, 0.2) is 17.3 Å². The van der Waals surface area contributed by atoms with Crippen molar-refractivity contribution < 1.29 is 17.2 Å². The molecule has 8 nitrogen and oxygen atoms in total. The highest BCUT2D eigenvalue weighted by Crippen LogP contribution is 2.28. The van der Waals surface area contributed by atoms with E-state index in [1.807, 2.05) is 0 Å². The second-order valence-corrected chi connectivity index (χ2v) is 9.00. The van der Waals surface area contributed by atoms with E-state index >= 15 is 0 Å². The molecule has 0 radical (unpaired) electrons. The van der Waals surface area contributed by atoms with Gasteiger partial charge in [-0.25, -0.2) is 23.1 Å². The Bertz CT molecular complexity index is 972. The summed E-state index contributed by atoms with van der Waals surface area (Å²) < 4.78 is 53.4. The molecule has 2 aliphatic heterocycles. The quantitative estimate of drug-likeness (QED) is 0.765. The van der Waals surface area contributed by atoms with Gasteiger partial charge < -0.3 is 4.90 Å². The maximum Gasteiger partial charge on any atom is 0.333 e. The molecule has 11 heteroatoms. The first-order chi connectivity index (χ1) is 13.4. The minimum atomic E-state index is -3.93. The molecule has 0 aromatic carbocycles. The van der Waals surface area contributed by atoms with Crippen molar-refractivity contribution in [2.24, 2.45) is 0 Å². The van der Waals surface area contributed by atoms with E-state index in [0.717, 1.165) is 43.4 Å². The molecule has 0 amide bonds. The van der Waals surface area contributed by atoms with Crippen LogP contribution in [-0.4, -0.2) is 52.1 Å². The van der Waals surface area contributed by atoms with E-state index in [1.165, 1.54) is 17.6 Å². The summed E-state index contributed by atoms with van der Waals surface area (Å²) in [5.74, 6) is 0.698. The SMILES string of the molecule is Cc1c(S(=O)(=O)N2CCc3nc(N4CCCCC4)ncc3C2)cnn1C(F)F. The molecule has 0 aliphatic carbocycles. The fourth-order valence-electron chi connectivity index (χ4n) is 3.73. The zero-order valence-corrected chi connectivity index (χ0v) is 16.4. The second kappa shape index (κ2) is 7.36. The fraction of sp³-hybridized carbons (Fsp3) is 0.588.